The predicted molar refractivity (Wildman–Crippen MR) is 152 cm³/mol. The first-order valence-corrected chi connectivity index (χ1v) is 16.6. The van der Waals surface area contributed by atoms with Crippen LogP contribution in [0, 0.1) is 5.82 Å². The maximum atomic E-state index is 15.5. The van der Waals surface area contributed by atoms with Crippen LogP contribution in [0.1, 0.15) is 69.3 Å². The number of benzene rings is 2. The zero-order valence-corrected chi connectivity index (χ0v) is 23.8. The summed E-state index contributed by atoms with van der Waals surface area (Å²) in [5, 5.41) is 0. The smallest absolute Gasteiger partial charge is 0.175 e. The Kier molecular flexibility index (Phi) is 6.36. The fraction of sp³-hybridized carbons (Fsp3) is 0.581. The van der Waals surface area contributed by atoms with Gasteiger partial charge < -0.3 is 9.47 Å². The van der Waals surface area contributed by atoms with Crippen LogP contribution >= 0.6 is 0 Å². The van der Waals surface area contributed by atoms with Gasteiger partial charge in [0.1, 0.15) is 17.2 Å². The third kappa shape index (κ3) is 4.52. The normalized spacial score (nSPS) is 27.3. The number of halogens is 1. The van der Waals surface area contributed by atoms with Gasteiger partial charge in [0, 0.05) is 43.0 Å². The van der Waals surface area contributed by atoms with E-state index in [2.05, 4.69) is 15.9 Å². The number of piperidine rings is 2. The minimum atomic E-state index is -3.27. The second-order valence-corrected chi connectivity index (χ2v) is 14.5. The fourth-order valence-corrected chi connectivity index (χ4v) is 8.65. The zero-order chi connectivity index (χ0) is 26.9. The molecule has 4 heterocycles. The van der Waals surface area contributed by atoms with Gasteiger partial charge in [-0.25, -0.2) is 17.8 Å². The van der Waals surface area contributed by atoms with Crippen molar-refractivity contribution in [3.63, 3.8) is 0 Å². The number of likely N-dealkylation sites (tertiary alicyclic amines) is 1. The molecule has 3 aliphatic heterocycles. The van der Waals surface area contributed by atoms with Crippen molar-refractivity contribution in [2.75, 3.05) is 19.3 Å². The maximum absolute atomic E-state index is 15.5. The number of fused-ring (bicyclic) bond motifs is 3. The first-order chi connectivity index (χ1) is 18.8. The van der Waals surface area contributed by atoms with Crippen molar-refractivity contribution < 1.29 is 12.8 Å². The number of nitrogens with zero attached hydrogens (tertiary/aromatic N) is 4. The van der Waals surface area contributed by atoms with E-state index >= 15 is 4.39 Å². The van der Waals surface area contributed by atoms with Crippen molar-refractivity contribution in [1.29, 1.82) is 0 Å². The van der Waals surface area contributed by atoms with E-state index in [0.29, 0.717) is 28.8 Å². The highest BCUT2D eigenvalue weighted by Gasteiger charge is 2.46. The predicted octanol–water partition coefficient (Wildman–Crippen LogP) is 5.51. The van der Waals surface area contributed by atoms with Crippen LogP contribution in [-0.2, 0) is 16.9 Å². The Morgan fingerprint density at radius 1 is 0.872 bits per heavy atom. The maximum Gasteiger partial charge on any atom is 0.175 e. The molecule has 3 aromatic rings. The molecule has 1 aliphatic carbocycles. The monoisotopic (exact) mass is 550 g/mol. The highest BCUT2D eigenvalue weighted by Crippen LogP contribution is 2.44. The summed E-state index contributed by atoms with van der Waals surface area (Å²) in [7, 11) is -1.45. The molecule has 0 spiro atoms. The largest absolute Gasteiger partial charge is 0.325 e. The van der Waals surface area contributed by atoms with Gasteiger partial charge in [-0.3, -0.25) is 4.90 Å². The van der Waals surface area contributed by atoms with Crippen molar-refractivity contribution in [3.8, 4) is 11.4 Å². The molecular formula is C31H39FN4O2S. The van der Waals surface area contributed by atoms with E-state index in [1.54, 1.807) is 34.9 Å². The van der Waals surface area contributed by atoms with E-state index < -0.39 is 9.84 Å². The lowest BCUT2D eigenvalue weighted by molar-refractivity contribution is -0.000825. The number of sulfone groups is 1. The van der Waals surface area contributed by atoms with Crippen LogP contribution in [0.4, 0.5) is 4.39 Å². The Balaban J connectivity index is 1.06. The molecule has 2 aromatic carbocycles. The molecule has 1 aromatic heterocycles. The molecule has 0 radical (unpaired) electrons. The standard InChI is InChI=1S/C31H39FN4O2S/c1-34-30-28(32)16-22(17-29(30)33-31(34)21-6-10-27(11-7-21)39(2,37)38)20-12-14-35(15-13-20)26-18-24-8-9-25(19-26)36(24)23-4-3-5-23/h6-7,10-11,16-17,20,23-26H,3-5,8-9,12-15,18-19H2,1-2H3. The molecule has 208 valence electrons. The molecule has 2 bridgehead atoms. The average molecular weight is 551 g/mol. The van der Waals surface area contributed by atoms with Crippen LogP contribution in [0.25, 0.3) is 22.4 Å². The third-order valence-corrected chi connectivity index (χ3v) is 11.4. The first-order valence-electron chi connectivity index (χ1n) is 14.7. The average Bonchev–Trinajstić information content (AvgIpc) is 3.34. The quantitative estimate of drug-likeness (QED) is 0.419. The fourth-order valence-electron chi connectivity index (χ4n) is 8.02. The molecule has 4 fully saturated rings. The number of aryl methyl sites for hydroxylation is 1. The van der Waals surface area contributed by atoms with Crippen LogP contribution in [-0.4, -0.2) is 71.3 Å². The molecule has 8 heteroatoms. The number of hydrogen-bond donors (Lipinski definition) is 0. The molecule has 2 unspecified atom stereocenters. The molecule has 3 saturated heterocycles. The van der Waals surface area contributed by atoms with E-state index in [4.69, 9.17) is 4.98 Å². The SMILES string of the molecule is Cn1c(-c2ccc(S(C)(=O)=O)cc2)nc2cc(C3CCN(C4CC5CCC(C4)N5C4CCC4)CC3)cc(F)c21. The van der Waals surface area contributed by atoms with Crippen LogP contribution in [0.15, 0.2) is 41.3 Å². The Labute approximate surface area is 231 Å². The third-order valence-electron chi connectivity index (χ3n) is 10.3. The summed E-state index contributed by atoms with van der Waals surface area (Å²) in [6.07, 6.45) is 13.0. The molecule has 0 amide bonds. The molecule has 7 rings (SSSR count). The van der Waals surface area contributed by atoms with E-state index in [9.17, 15) is 8.42 Å². The van der Waals surface area contributed by atoms with Gasteiger partial charge in [0.2, 0.25) is 0 Å². The minimum absolute atomic E-state index is 0.237. The molecular weight excluding hydrogens is 511 g/mol. The van der Waals surface area contributed by atoms with E-state index in [1.807, 2.05) is 7.05 Å². The van der Waals surface area contributed by atoms with Crippen molar-refractivity contribution in [1.82, 2.24) is 19.4 Å². The lowest BCUT2D eigenvalue weighted by Gasteiger charge is -2.50. The number of hydrogen-bond acceptors (Lipinski definition) is 5. The van der Waals surface area contributed by atoms with Gasteiger partial charge in [0.05, 0.1) is 10.4 Å². The number of rotatable bonds is 5. The molecule has 0 N–H and O–H groups in total. The highest BCUT2D eigenvalue weighted by atomic mass is 32.2. The van der Waals surface area contributed by atoms with E-state index in [1.165, 1.54) is 51.2 Å². The van der Waals surface area contributed by atoms with E-state index in [0.717, 1.165) is 55.2 Å². The molecule has 39 heavy (non-hydrogen) atoms. The Bertz CT molecular complexity index is 1480. The highest BCUT2D eigenvalue weighted by molar-refractivity contribution is 7.90. The van der Waals surface area contributed by atoms with Gasteiger partial charge in [0.15, 0.2) is 9.84 Å². The Hall–Kier alpha value is -2.29. The summed E-state index contributed by atoms with van der Waals surface area (Å²) in [6, 6.07) is 13.6. The molecule has 1 saturated carbocycles. The Morgan fingerprint density at radius 2 is 1.54 bits per heavy atom. The summed E-state index contributed by atoms with van der Waals surface area (Å²) >= 11 is 0. The number of imidazole rings is 1. The summed E-state index contributed by atoms with van der Waals surface area (Å²) < 4.78 is 40.9. The second kappa shape index (κ2) is 9.67. The summed E-state index contributed by atoms with van der Waals surface area (Å²) in [6.45, 7) is 2.19. The van der Waals surface area contributed by atoms with Crippen LogP contribution < -0.4 is 0 Å². The van der Waals surface area contributed by atoms with Gasteiger partial charge in [-0.1, -0.05) is 6.42 Å². The van der Waals surface area contributed by atoms with Gasteiger partial charge in [0.25, 0.3) is 0 Å². The second-order valence-electron chi connectivity index (χ2n) is 12.5. The van der Waals surface area contributed by atoms with Crippen molar-refractivity contribution >= 4 is 20.9 Å². The van der Waals surface area contributed by atoms with Gasteiger partial charge in [-0.05, 0) is 112 Å². The topological polar surface area (TPSA) is 58.4 Å². The lowest BCUT2D eigenvalue weighted by Crippen LogP contribution is -2.56. The van der Waals surface area contributed by atoms with Gasteiger partial charge in [-0.15, -0.1) is 0 Å². The molecule has 6 nitrogen and oxygen atoms in total. The minimum Gasteiger partial charge on any atom is -0.325 e. The summed E-state index contributed by atoms with van der Waals surface area (Å²) in [5.41, 5.74) is 2.98. The van der Waals surface area contributed by atoms with Gasteiger partial charge >= 0.3 is 0 Å². The van der Waals surface area contributed by atoms with Crippen LogP contribution in [0.5, 0.6) is 0 Å². The van der Waals surface area contributed by atoms with E-state index in [-0.39, 0.29) is 10.7 Å². The van der Waals surface area contributed by atoms with Crippen molar-refractivity contribution in [2.24, 2.45) is 7.05 Å². The zero-order valence-electron chi connectivity index (χ0n) is 23.0. The number of aromatic nitrogens is 2. The first kappa shape index (κ1) is 25.7. The van der Waals surface area contributed by atoms with Crippen molar-refractivity contribution in [2.45, 2.75) is 92.8 Å². The van der Waals surface area contributed by atoms with Crippen molar-refractivity contribution in [3.05, 3.63) is 47.8 Å². The summed E-state index contributed by atoms with van der Waals surface area (Å²) in [4.78, 5) is 10.7. The van der Waals surface area contributed by atoms with Crippen LogP contribution in [0.3, 0.4) is 0 Å². The van der Waals surface area contributed by atoms with Gasteiger partial charge in [-0.2, -0.15) is 0 Å². The summed E-state index contributed by atoms with van der Waals surface area (Å²) in [5.74, 6) is 0.754. The molecule has 2 atom stereocenters. The van der Waals surface area contributed by atoms with Crippen LogP contribution in [0.2, 0.25) is 0 Å². The molecule has 4 aliphatic rings. The Morgan fingerprint density at radius 3 is 2.13 bits per heavy atom. The lowest BCUT2D eigenvalue weighted by atomic mass is 9.84.